The number of urea groups is 1. The molecule has 4 rings (SSSR count). The summed E-state index contributed by atoms with van der Waals surface area (Å²) in [7, 11) is -1.76. The van der Waals surface area contributed by atoms with Crippen molar-refractivity contribution in [2.45, 2.75) is 31.5 Å². The number of hydroxylamine groups is 2. The number of fused-ring (bicyclic) bond motifs is 4. The Kier molecular flexibility index (Phi) is 3.76. The third-order valence-electron chi connectivity index (χ3n) is 4.98. The summed E-state index contributed by atoms with van der Waals surface area (Å²) in [5, 5.41) is 8.82. The minimum absolute atomic E-state index is 0.0438. The van der Waals surface area contributed by atoms with Crippen molar-refractivity contribution in [1.82, 2.24) is 24.6 Å². The SMILES string of the molecule is CN1C(=O)C(C)(C)ON=C1[C@@H]1c2c(cnn2C)[C@@H]2CN1C(=O)N2OS(=O)(=O)O. The monoisotopic (exact) mass is 414 g/mol. The highest BCUT2D eigenvalue weighted by Crippen LogP contribution is 2.45. The summed E-state index contributed by atoms with van der Waals surface area (Å²) in [4.78, 5) is 33.4. The van der Waals surface area contributed by atoms with Crippen molar-refractivity contribution in [2.75, 3.05) is 13.6 Å². The number of amidine groups is 1. The third-order valence-corrected chi connectivity index (χ3v) is 5.33. The van der Waals surface area contributed by atoms with Gasteiger partial charge in [-0.05, 0) is 13.8 Å². The third kappa shape index (κ3) is 2.56. The summed E-state index contributed by atoms with van der Waals surface area (Å²) in [6.45, 7) is 3.19. The first kappa shape index (κ1) is 18.6. The van der Waals surface area contributed by atoms with Gasteiger partial charge < -0.3 is 9.74 Å². The second kappa shape index (κ2) is 5.65. The van der Waals surface area contributed by atoms with E-state index in [1.807, 2.05) is 0 Å². The van der Waals surface area contributed by atoms with E-state index in [4.69, 9.17) is 9.39 Å². The normalized spacial score (nSPS) is 26.3. The number of hydrogen-bond donors (Lipinski definition) is 1. The van der Waals surface area contributed by atoms with Gasteiger partial charge in [0, 0.05) is 19.7 Å². The first-order valence-corrected chi connectivity index (χ1v) is 9.62. The maximum atomic E-state index is 12.8. The molecular formula is C14H18N6O7S. The number of carbonyl (C=O) groups is 2. The molecule has 28 heavy (non-hydrogen) atoms. The first-order valence-electron chi connectivity index (χ1n) is 8.25. The second-order valence-corrected chi connectivity index (χ2v) is 8.21. The van der Waals surface area contributed by atoms with E-state index >= 15 is 0 Å². The Hall–Kier alpha value is -2.71. The number of oxime groups is 1. The van der Waals surface area contributed by atoms with Crippen LogP contribution < -0.4 is 0 Å². The maximum absolute atomic E-state index is 12.8. The molecule has 0 radical (unpaired) electrons. The van der Waals surface area contributed by atoms with E-state index < -0.39 is 34.1 Å². The van der Waals surface area contributed by atoms with Crippen molar-refractivity contribution in [3.8, 4) is 0 Å². The maximum Gasteiger partial charge on any atom is 0.418 e. The van der Waals surface area contributed by atoms with E-state index in [0.717, 1.165) is 0 Å². The second-order valence-electron chi connectivity index (χ2n) is 7.21. The molecule has 1 aromatic heterocycles. The number of hydrogen-bond acceptors (Lipinski definition) is 8. The highest BCUT2D eigenvalue weighted by atomic mass is 32.3. The average molecular weight is 414 g/mol. The molecule has 0 aromatic carbocycles. The molecule has 0 saturated carbocycles. The minimum atomic E-state index is -4.92. The Labute approximate surface area is 160 Å². The fourth-order valence-corrected chi connectivity index (χ4v) is 4.06. The van der Waals surface area contributed by atoms with Crippen LogP contribution in [0.5, 0.6) is 0 Å². The van der Waals surface area contributed by atoms with Crippen LogP contribution >= 0.6 is 0 Å². The topological polar surface area (TPSA) is 147 Å². The number of nitrogens with zero attached hydrogens (tertiary/aromatic N) is 6. The van der Waals surface area contributed by atoms with E-state index in [0.29, 0.717) is 16.3 Å². The zero-order valence-corrected chi connectivity index (χ0v) is 16.2. The van der Waals surface area contributed by atoms with Crippen LogP contribution in [0.25, 0.3) is 0 Å². The Morgan fingerprint density at radius 3 is 2.64 bits per heavy atom. The van der Waals surface area contributed by atoms with Gasteiger partial charge in [0.05, 0.1) is 18.4 Å². The van der Waals surface area contributed by atoms with Crippen molar-refractivity contribution in [3.63, 3.8) is 0 Å². The lowest BCUT2D eigenvalue weighted by molar-refractivity contribution is -0.153. The molecule has 1 saturated heterocycles. The van der Waals surface area contributed by atoms with Gasteiger partial charge in [-0.2, -0.15) is 18.6 Å². The molecule has 3 aliphatic heterocycles. The van der Waals surface area contributed by atoms with Crippen molar-refractivity contribution < 1.29 is 31.7 Å². The lowest BCUT2D eigenvalue weighted by Gasteiger charge is -2.39. The summed E-state index contributed by atoms with van der Waals surface area (Å²) in [5.41, 5.74) is -0.140. The first-order chi connectivity index (χ1) is 12.9. The lowest BCUT2D eigenvalue weighted by atomic mass is 9.96. The molecule has 13 nitrogen and oxygen atoms in total. The van der Waals surface area contributed by atoms with E-state index in [9.17, 15) is 18.0 Å². The van der Waals surface area contributed by atoms with Gasteiger partial charge in [-0.3, -0.25) is 18.9 Å². The predicted molar refractivity (Wildman–Crippen MR) is 90.6 cm³/mol. The number of amides is 3. The molecule has 3 aliphatic rings. The van der Waals surface area contributed by atoms with Crippen LogP contribution in [0.3, 0.4) is 0 Å². The molecule has 2 atom stereocenters. The molecule has 2 bridgehead atoms. The molecule has 4 heterocycles. The van der Waals surface area contributed by atoms with Crippen LogP contribution in [-0.4, -0.2) is 74.6 Å². The van der Waals surface area contributed by atoms with Gasteiger partial charge in [0.2, 0.25) is 5.60 Å². The number of carbonyl (C=O) groups excluding carboxylic acids is 2. The summed E-state index contributed by atoms with van der Waals surface area (Å²) in [5.74, 6) is -0.212. The largest absolute Gasteiger partial charge is 0.418 e. The average Bonchev–Trinajstić information content (AvgIpc) is 3.09. The number of aryl methyl sites for hydroxylation is 1. The van der Waals surface area contributed by atoms with Gasteiger partial charge in [0.25, 0.3) is 5.91 Å². The Morgan fingerprint density at radius 1 is 1.32 bits per heavy atom. The van der Waals surface area contributed by atoms with Gasteiger partial charge in [0.1, 0.15) is 12.1 Å². The van der Waals surface area contributed by atoms with Crippen LogP contribution in [0.4, 0.5) is 4.79 Å². The van der Waals surface area contributed by atoms with Crippen molar-refractivity contribution in [1.29, 1.82) is 0 Å². The lowest BCUT2D eigenvalue weighted by Crippen LogP contribution is -2.55. The van der Waals surface area contributed by atoms with E-state index in [1.54, 1.807) is 20.9 Å². The van der Waals surface area contributed by atoms with Crippen molar-refractivity contribution in [3.05, 3.63) is 17.5 Å². The van der Waals surface area contributed by atoms with Crippen molar-refractivity contribution in [2.24, 2.45) is 12.2 Å². The highest BCUT2D eigenvalue weighted by Gasteiger charge is 2.55. The molecule has 1 N–H and O–H groups in total. The van der Waals surface area contributed by atoms with E-state index in [-0.39, 0.29) is 18.3 Å². The molecule has 3 amide bonds. The zero-order chi connectivity index (χ0) is 20.6. The number of likely N-dealkylation sites (N-methyl/N-ethyl adjacent to an activating group) is 1. The van der Waals surface area contributed by atoms with Crippen LogP contribution in [0.2, 0.25) is 0 Å². The van der Waals surface area contributed by atoms with Gasteiger partial charge in [-0.1, -0.05) is 5.16 Å². The molecule has 14 heteroatoms. The molecule has 0 aliphatic carbocycles. The smallest absolute Gasteiger partial charge is 0.378 e. The summed E-state index contributed by atoms with van der Waals surface area (Å²) >= 11 is 0. The van der Waals surface area contributed by atoms with Crippen LogP contribution in [0.15, 0.2) is 11.4 Å². The Morgan fingerprint density at radius 2 is 2.00 bits per heavy atom. The summed E-state index contributed by atoms with van der Waals surface area (Å²) in [6, 6.07) is -2.49. The zero-order valence-electron chi connectivity index (χ0n) is 15.4. The Balaban J connectivity index is 1.83. The molecule has 1 fully saturated rings. The molecule has 0 unspecified atom stereocenters. The fourth-order valence-electron chi connectivity index (χ4n) is 3.69. The molecule has 1 aromatic rings. The van der Waals surface area contributed by atoms with E-state index in [1.165, 1.54) is 27.7 Å². The van der Waals surface area contributed by atoms with Gasteiger partial charge in [0.15, 0.2) is 5.84 Å². The van der Waals surface area contributed by atoms with Crippen molar-refractivity contribution >= 4 is 28.2 Å². The number of aromatic nitrogens is 2. The quantitative estimate of drug-likeness (QED) is 0.655. The fraction of sp³-hybridized carbons (Fsp3) is 0.571. The molecule has 0 spiro atoms. The summed E-state index contributed by atoms with van der Waals surface area (Å²) in [6.07, 6.45) is 1.47. The Bertz CT molecular complexity index is 1020. The minimum Gasteiger partial charge on any atom is -0.378 e. The van der Waals surface area contributed by atoms with Gasteiger partial charge in [-0.15, -0.1) is 4.28 Å². The number of rotatable bonds is 3. The predicted octanol–water partition coefficient (Wildman–Crippen LogP) is -0.431. The standard InChI is InChI=1S/C14H18N6O7S/c1-14(2)12(21)17(3)11(16-26-14)10-9-7(5-15-18(9)4)8-6-19(10)13(22)20(8)27-28(23,24)25/h5,8,10H,6H2,1-4H3,(H,23,24,25)/t8-,10-/m0/s1. The summed E-state index contributed by atoms with van der Waals surface area (Å²) < 4.78 is 37.4. The van der Waals surface area contributed by atoms with Crippen LogP contribution in [0, 0.1) is 0 Å². The van der Waals surface area contributed by atoms with E-state index in [2.05, 4.69) is 14.5 Å². The van der Waals surface area contributed by atoms with Crippen LogP contribution in [0.1, 0.15) is 37.2 Å². The molecule has 152 valence electrons. The molecular weight excluding hydrogens is 396 g/mol. The highest BCUT2D eigenvalue weighted by molar-refractivity contribution is 7.80. The van der Waals surface area contributed by atoms with Gasteiger partial charge >= 0.3 is 16.4 Å². The van der Waals surface area contributed by atoms with Crippen LogP contribution in [-0.2, 0) is 31.4 Å². The van der Waals surface area contributed by atoms with Gasteiger partial charge in [-0.25, -0.2) is 4.79 Å².